The highest BCUT2D eigenvalue weighted by molar-refractivity contribution is 7.93. The van der Waals surface area contributed by atoms with Gasteiger partial charge in [-0.1, -0.05) is 29.4 Å². The van der Waals surface area contributed by atoms with Crippen LogP contribution in [0.3, 0.4) is 0 Å². The van der Waals surface area contributed by atoms with Crippen molar-refractivity contribution in [2.45, 2.75) is 93.1 Å². The highest BCUT2D eigenvalue weighted by Crippen LogP contribution is 2.70. The van der Waals surface area contributed by atoms with Crippen molar-refractivity contribution in [3.63, 3.8) is 0 Å². The Morgan fingerprint density at radius 1 is 0.957 bits per heavy atom. The molecule has 1 N–H and O–H groups in total. The molecule has 4 bridgehead atoms. The number of rotatable bonds is 9. The fourth-order valence-electron chi connectivity index (χ4n) is 8.37. The zero-order valence-corrected chi connectivity index (χ0v) is 25.9. The number of anilines is 2. The third-order valence-electron chi connectivity index (χ3n) is 11.3. The summed E-state index contributed by atoms with van der Waals surface area (Å²) in [6.45, 7) is 0.516. The van der Waals surface area contributed by atoms with Crippen molar-refractivity contribution in [3.05, 3.63) is 60.2 Å². The van der Waals surface area contributed by atoms with Gasteiger partial charge in [0.2, 0.25) is 11.8 Å². The minimum atomic E-state index is -5.54. The monoisotopic (exact) mass is 658 g/mol. The molecule has 2 aromatic carbocycles. The lowest BCUT2D eigenvalue weighted by Crippen LogP contribution is -2.71. The molecule has 7 aliphatic carbocycles. The second kappa shape index (κ2) is 9.77. The van der Waals surface area contributed by atoms with Gasteiger partial charge >= 0.3 is 15.5 Å². The molecule has 7 saturated carbocycles. The van der Waals surface area contributed by atoms with Crippen molar-refractivity contribution < 1.29 is 35.3 Å². The predicted octanol–water partition coefficient (Wildman–Crippen LogP) is 7.39. The number of carbonyl (C=O) groups excluding carboxylic acids is 1. The molecule has 10 rings (SSSR count). The predicted molar refractivity (Wildman–Crippen MR) is 161 cm³/mol. The van der Waals surface area contributed by atoms with Gasteiger partial charge < -0.3 is 9.42 Å². The number of hydrogen-bond acceptors (Lipinski definition) is 6. The smallest absolute Gasteiger partial charge is 0.339 e. The fraction of sp³-hybridized carbons (Fsp3) is 0.545. The summed E-state index contributed by atoms with van der Waals surface area (Å²) in [7, 11) is -5.54. The number of halogens is 4. The first-order chi connectivity index (χ1) is 21.7. The first-order valence-electron chi connectivity index (χ1n) is 15.9. The second-order valence-electron chi connectivity index (χ2n) is 14.5. The van der Waals surface area contributed by atoms with Gasteiger partial charge in [0, 0.05) is 29.3 Å². The van der Waals surface area contributed by atoms with Crippen LogP contribution in [0.15, 0.2) is 53.1 Å². The molecule has 0 radical (unpaired) electrons. The van der Waals surface area contributed by atoms with Crippen molar-refractivity contribution in [1.29, 1.82) is 0 Å². The zero-order valence-electron chi connectivity index (χ0n) is 25.1. The molecule has 0 atom stereocenters. The van der Waals surface area contributed by atoms with Crippen LogP contribution in [-0.2, 0) is 20.2 Å². The number of alkyl halides is 4. The number of amides is 1. The average molecular weight is 659 g/mol. The van der Waals surface area contributed by atoms with Crippen molar-refractivity contribution in [1.82, 2.24) is 10.1 Å². The summed E-state index contributed by atoms with van der Waals surface area (Å²) in [5, 5.41) is 4.26. The van der Waals surface area contributed by atoms with Crippen molar-refractivity contribution in [2.24, 2.45) is 10.8 Å². The van der Waals surface area contributed by atoms with E-state index in [-0.39, 0.29) is 41.7 Å². The maximum Gasteiger partial charge on any atom is 0.516 e. The Morgan fingerprint density at radius 2 is 1.61 bits per heavy atom. The summed E-state index contributed by atoms with van der Waals surface area (Å²) >= 11 is 0. The number of nitrogens with zero attached hydrogens (tertiary/aromatic N) is 3. The molecule has 0 aliphatic heterocycles. The Hall–Kier alpha value is -3.48. The molecule has 1 heterocycles. The molecule has 0 unspecified atom stereocenters. The lowest BCUT2D eigenvalue weighted by atomic mass is 9.41. The Labute approximate surface area is 264 Å². The molecule has 7 aliphatic rings. The third kappa shape index (κ3) is 4.83. The van der Waals surface area contributed by atoms with Crippen molar-refractivity contribution in [2.75, 3.05) is 16.2 Å². The number of sulfonamides is 1. The second-order valence-corrected chi connectivity index (χ2v) is 16.2. The van der Waals surface area contributed by atoms with Gasteiger partial charge in [-0.2, -0.15) is 26.6 Å². The zero-order chi connectivity index (χ0) is 32.2. The van der Waals surface area contributed by atoms with E-state index in [1.165, 1.54) is 24.3 Å². The minimum Gasteiger partial charge on any atom is -0.339 e. The number of aromatic nitrogens is 2. The van der Waals surface area contributed by atoms with Crippen LogP contribution in [-0.4, -0.2) is 42.2 Å². The van der Waals surface area contributed by atoms with E-state index in [9.17, 15) is 30.8 Å². The summed E-state index contributed by atoms with van der Waals surface area (Å²) in [5.41, 5.74) is -5.72. The lowest BCUT2D eigenvalue weighted by Gasteiger charge is -2.65. The molecule has 244 valence electrons. The first-order valence-corrected chi connectivity index (χ1v) is 17.3. The van der Waals surface area contributed by atoms with Crippen molar-refractivity contribution in [3.8, 4) is 11.1 Å². The van der Waals surface area contributed by atoms with E-state index in [2.05, 4.69) is 5.16 Å². The molecule has 3 aromatic rings. The van der Waals surface area contributed by atoms with Crippen molar-refractivity contribution >= 4 is 27.3 Å². The number of nitrogens with one attached hydrogen (secondary N) is 1. The van der Waals surface area contributed by atoms with Gasteiger partial charge in [-0.25, -0.2) is 4.39 Å². The van der Waals surface area contributed by atoms with Gasteiger partial charge in [0.15, 0.2) is 5.82 Å². The molecule has 0 saturated heterocycles. The standard InChI is InChI=1S/C33H34F4N4O4S/c34-32-17-31(18-32,19-32)28(42)41(20-29-10-13-30(14-11-29,15-12-29)27-38-26(39-45-27)22-4-5-22)25-3-1-2-23(16-25)21-6-8-24(9-7-21)40-46(43,44)33(35,36)37/h1-3,6-9,16,22,40H,4-5,10-15,17-20H2. The van der Waals surface area contributed by atoms with Crippen LogP contribution in [0.25, 0.3) is 11.1 Å². The molecule has 8 nitrogen and oxygen atoms in total. The maximum atomic E-state index is 14.6. The van der Waals surface area contributed by atoms with Crippen LogP contribution < -0.4 is 9.62 Å². The first kappa shape index (κ1) is 29.9. The van der Waals surface area contributed by atoms with E-state index in [4.69, 9.17) is 9.51 Å². The summed E-state index contributed by atoms with van der Waals surface area (Å²) in [4.78, 5) is 20.9. The highest BCUT2D eigenvalue weighted by Gasteiger charge is 2.73. The molecule has 0 spiro atoms. The van der Waals surface area contributed by atoms with Gasteiger partial charge in [0.05, 0.1) is 5.41 Å². The normalized spacial score (nSPS) is 31.6. The maximum absolute atomic E-state index is 14.6. The molecule has 1 aromatic heterocycles. The molecular formula is C33H34F4N4O4S. The molecule has 1 amide bonds. The fourth-order valence-corrected chi connectivity index (χ4v) is 8.93. The van der Waals surface area contributed by atoms with E-state index in [1.807, 2.05) is 29.2 Å². The minimum absolute atomic E-state index is 0.0520. The molecule has 13 heteroatoms. The highest BCUT2D eigenvalue weighted by atomic mass is 32.2. The molecule has 46 heavy (non-hydrogen) atoms. The summed E-state index contributed by atoms with van der Waals surface area (Å²) in [6, 6.07) is 13.0. The summed E-state index contributed by atoms with van der Waals surface area (Å²) in [5.74, 6) is 1.95. The Kier molecular flexibility index (Phi) is 6.35. The van der Waals surface area contributed by atoms with Crippen LogP contribution in [0.4, 0.5) is 28.9 Å². The van der Waals surface area contributed by atoms with Gasteiger partial charge in [0.1, 0.15) is 5.67 Å². The summed E-state index contributed by atoms with van der Waals surface area (Å²) in [6.07, 6.45) is 8.43. The van der Waals surface area contributed by atoms with Crippen LogP contribution in [0.5, 0.6) is 0 Å². The van der Waals surface area contributed by atoms with E-state index in [0.29, 0.717) is 29.3 Å². The Bertz CT molecular complexity index is 1770. The molecule has 7 fully saturated rings. The number of hydrogen-bond donors (Lipinski definition) is 1. The van der Waals surface area contributed by atoms with Gasteiger partial charge in [-0.05, 0) is 111 Å². The number of benzene rings is 2. The van der Waals surface area contributed by atoms with Crippen LogP contribution in [0.1, 0.15) is 88.3 Å². The van der Waals surface area contributed by atoms with E-state index < -0.39 is 26.6 Å². The van der Waals surface area contributed by atoms with E-state index >= 15 is 0 Å². The average Bonchev–Trinajstić information content (AvgIpc) is 3.73. The van der Waals surface area contributed by atoms with Crippen LogP contribution in [0, 0.1) is 10.8 Å². The lowest BCUT2D eigenvalue weighted by molar-refractivity contribution is -0.211. The largest absolute Gasteiger partial charge is 0.516 e. The Morgan fingerprint density at radius 3 is 2.20 bits per heavy atom. The van der Waals surface area contributed by atoms with E-state index in [0.717, 1.165) is 63.1 Å². The van der Waals surface area contributed by atoms with Gasteiger partial charge in [0.25, 0.3) is 0 Å². The van der Waals surface area contributed by atoms with Gasteiger partial charge in [-0.15, -0.1) is 0 Å². The van der Waals surface area contributed by atoms with Gasteiger partial charge in [-0.3, -0.25) is 9.52 Å². The third-order valence-corrected chi connectivity index (χ3v) is 12.4. The van der Waals surface area contributed by atoms with Crippen LogP contribution >= 0.6 is 0 Å². The summed E-state index contributed by atoms with van der Waals surface area (Å²) < 4.78 is 83.4. The topological polar surface area (TPSA) is 105 Å². The van der Waals surface area contributed by atoms with Crippen LogP contribution in [0.2, 0.25) is 0 Å². The van der Waals surface area contributed by atoms with E-state index in [1.54, 1.807) is 4.72 Å². The number of fused-ring (bicyclic) bond motifs is 3. The SMILES string of the molecule is O=C(N(CC12CCC(c3nc(C4CC4)no3)(CC1)CC2)c1cccc(-c2ccc(NS(=O)(=O)C(F)(F)F)cc2)c1)C12CC(F)(C1)C2. The molecular weight excluding hydrogens is 624 g/mol. The quantitative estimate of drug-likeness (QED) is 0.241. The number of carbonyl (C=O) groups is 1. The Balaban J connectivity index is 1.04.